The van der Waals surface area contributed by atoms with Crippen molar-refractivity contribution in [1.82, 2.24) is 10.1 Å². The van der Waals surface area contributed by atoms with Crippen LogP contribution in [-0.2, 0) is 6.61 Å². The fourth-order valence-corrected chi connectivity index (χ4v) is 4.05. The molecule has 5 nitrogen and oxygen atoms in total. The Labute approximate surface area is 177 Å². The summed E-state index contributed by atoms with van der Waals surface area (Å²) < 4.78 is 11.0. The van der Waals surface area contributed by atoms with Crippen LogP contribution in [0.25, 0.3) is 0 Å². The van der Waals surface area contributed by atoms with Gasteiger partial charge in [0.2, 0.25) is 0 Å². The van der Waals surface area contributed by atoms with Gasteiger partial charge in [-0.05, 0) is 81.5 Å². The van der Waals surface area contributed by atoms with Gasteiger partial charge in [-0.3, -0.25) is 4.79 Å². The van der Waals surface area contributed by atoms with Gasteiger partial charge in [-0.15, -0.1) is 0 Å². The summed E-state index contributed by atoms with van der Waals surface area (Å²) in [5.41, 5.74) is 6.27. The number of amides is 1. The molecule has 156 valence electrons. The minimum atomic E-state index is 0.0769. The smallest absolute Gasteiger partial charge is 0.254 e. The Bertz CT molecular complexity index is 1030. The second-order valence-electron chi connectivity index (χ2n) is 8.12. The first kappa shape index (κ1) is 20.2. The van der Waals surface area contributed by atoms with Crippen LogP contribution >= 0.6 is 0 Å². The van der Waals surface area contributed by atoms with Crippen LogP contribution in [0.2, 0.25) is 0 Å². The zero-order valence-corrected chi connectivity index (χ0v) is 18.1. The number of carbonyl (C=O) groups is 1. The Morgan fingerprint density at radius 3 is 2.53 bits per heavy atom. The standard InChI is InChI=1S/C25H28N2O3/c1-16-7-8-21(14-17(16)2)24-6-5-13-27(24)25(28)20-9-11-22(12-10-20)29-15-23-18(3)26-30-19(23)4/h7-12,14,24H,5-6,13,15H2,1-4H3. The Morgan fingerprint density at radius 1 is 1.10 bits per heavy atom. The maximum atomic E-state index is 13.2. The summed E-state index contributed by atoms with van der Waals surface area (Å²) in [6, 6.07) is 14.1. The molecule has 0 saturated carbocycles. The molecule has 1 aliphatic heterocycles. The van der Waals surface area contributed by atoms with E-state index in [4.69, 9.17) is 9.26 Å². The molecule has 1 aliphatic rings. The SMILES string of the molecule is Cc1ccc(C2CCCN2C(=O)c2ccc(OCc3c(C)noc3C)cc2)cc1C. The summed E-state index contributed by atoms with van der Waals surface area (Å²) >= 11 is 0. The lowest BCUT2D eigenvalue weighted by molar-refractivity contribution is 0.0735. The molecular formula is C25H28N2O3. The summed E-state index contributed by atoms with van der Waals surface area (Å²) in [4.78, 5) is 15.2. The van der Waals surface area contributed by atoms with Crippen LogP contribution in [0.15, 0.2) is 47.0 Å². The number of rotatable bonds is 5. The summed E-state index contributed by atoms with van der Waals surface area (Å²) in [6.07, 6.45) is 2.04. The molecule has 0 bridgehead atoms. The van der Waals surface area contributed by atoms with Crippen LogP contribution in [-0.4, -0.2) is 22.5 Å². The number of nitrogens with zero attached hydrogens (tertiary/aromatic N) is 2. The zero-order valence-electron chi connectivity index (χ0n) is 18.1. The monoisotopic (exact) mass is 404 g/mol. The van der Waals surface area contributed by atoms with E-state index in [1.807, 2.05) is 43.0 Å². The molecule has 0 radical (unpaired) electrons. The van der Waals surface area contributed by atoms with Gasteiger partial charge < -0.3 is 14.2 Å². The van der Waals surface area contributed by atoms with E-state index in [-0.39, 0.29) is 11.9 Å². The Balaban J connectivity index is 1.45. The number of benzene rings is 2. The molecule has 1 amide bonds. The van der Waals surface area contributed by atoms with E-state index in [1.54, 1.807) is 0 Å². The van der Waals surface area contributed by atoms with Crippen LogP contribution < -0.4 is 4.74 Å². The Morgan fingerprint density at radius 2 is 1.87 bits per heavy atom. The van der Waals surface area contributed by atoms with E-state index in [1.165, 1.54) is 16.7 Å². The van der Waals surface area contributed by atoms with E-state index in [2.05, 4.69) is 37.2 Å². The molecule has 2 aromatic carbocycles. The number of aromatic nitrogens is 1. The highest BCUT2D eigenvalue weighted by atomic mass is 16.5. The summed E-state index contributed by atoms with van der Waals surface area (Å²) in [6.45, 7) is 9.21. The predicted octanol–water partition coefficient (Wildman–Crippen LogP) is 5.46. The van der Waals surface area contributed by atoms with Crippen LogP contribution in [0.5, 0.6) is 5.75 Å². The Hall–Kier alpha value is -3.08. The fourth-order valence-electron chi connectivity index (χ4n) is 4.05. The maximum absolute atomic E-state index is 13.2. The molecule has 1 unspecified atom stereocenters. The van der Waals surface area contributed by atoms with Crippen LogP contribution in [0.1, 0.15) is 62.9 Å². The largest absolute Gasteiger partial charge is 0.489 e. The average molecular weight is 405 g/mol. The fraction of sp³-hybridized carbons (Fsp3) is 0.360. The third-order valence-corrected chi connectivity index (χ3v) is 6.10. The molecule has 1 aromatic heterocycles. The molecule has 0 N–H and O–H groups in total. The van der Waals surface area contributed by atoms with Crippen molar-refractivity contribution in [3.05, 3.63) is 81.7 Å². The van der Waals surface area contributed by atoms with Gasteiger partial charge in [-0.1, -0.05) is 23.4 Å². The highest BCUT2D eigenvalue weighted by Crippen LogP contribution is 2.34. The lowest BCUT2D eigenvalue weighted by Gasteiger charge is -2.26. The lowest BCUT2D eigenvalue weighted by Crippen LogP contribution is -2.30. The minimum absolute atomic E-state index is 0.0769. The highest BCUT2D eigenvalue weighted by molar-refractivity contribution is 5.94. The molecule has 0 aliphatic carbocycles. The first-order valence-electron chi connectivity index (χ1n) is 10.5. The molecule has 0 spiro atoms. The van der Waals surface area contributed by atoms with Gasteiger partial charge in [0.05, 0.1) is 17.3 Å². The number of aryl methyl sites for hydroxylation is 4. The van der Waals surface area contributed by atoms with Gasteiger partial charge in [0.1, 0.15) is 18.1 Å². The van der Waals surface area contributed by atoms with E-state index in [0.717, 1.165) is 42.2 Å². The molecule has 4 rings (SSSR count). The highest BCUT2D eigenvalue weighted by Gasteiger charge is 2.30. The van der Waals surface area contributed by atoms with Crippen molar-refractivity contribution in [1.29, 1.82) is 0 Å². The van der Waals surface area contributed by atoms with E-state index >= 15 is 0 Å². The van der Waals surface area contributed by atoms with Gasteiger partial charge in [0.25, 0.3) is 5.91 Å². The van der Waals surface area contributed by atoms with Gasteiger partial charge in [0, 0.05) is 12.1 Å². The summed E-state index contributed by atoms with van der Waals surface area (Å²) in [7, 11) is 0. The number of ether oxygens (including phenoxy) is 1. The number of likely N-dealkylation sites (tertiary alicyclic amines) is 1. The zero-order chi connectivity index (χ0) is 21.3. The average Bonchev–Trinajstić information content (AvgIpc) is 3.35. The third kappa shape index (κ3) is 3.97. The number of carbonyl (C=O) groups excluding carboxylic acids is 1. The van der Waals surface area contributed by atoms with Crippen molar-refractivity contribution in [3.8, 4) is 5.75 Å². The molecule has 5 heteroatoms. The van der Waals surface area contributed by atoms with Gasteiger partial charge in [0.15, 0.2) is 0 Å². The van der Waals surface area contributed by atoms with E-state index < -0.39 is 0 Å². The summed E-state index contributed by atoms with van der Waals surface area (Å²) in [5, 5.41) is 3.95. The molecule has 1 atom stereocenters. The first-order chi connectivity index (χ1) is 14.4. The van der Waals surface area contributed by atoms with Crippen molar-refractivity contribution < 1.29 is 14.1 Å². The van der Waals surface area contributed by atoms with Crippen molar-refractivity contribution in [2.45, 2.75) is 53.2 Å². The molecular weight excluding hydrogens is 376 g/mol. The quantitative estimate of drug-likeness (QED) is 0.566. The number of hydrogen-bond acceptors (Lipinski definition) is 4. The van der Waals surface area contributed by atoms with Crippen molar-refractivity contribution in [2.24, 2.45) is 0 Å². The topological polar surface area (TPSA) is 55.6 Å². The minimum Gasteiger partial charge on any atom is -0.489 e. The molecule has 30 heavy (non-hydrogen) atoms. The summed E-state index contributed by atoms with van der Waals surface area (Å²) in [5.74, 6) is 1.57. The third-order valence-electron chi connectivity index (χ3n) is 6.10. The van der Waals surface area contributed by atoms with Gasteiger partial charge >= 0.3 is 0 Å². The molecule has 1 saturated heterocycles. The maximum Gasteiger partial charge on any atom is 0.254 e. The van der Waals surface area contributed by atoms with Crippen LogP contribution in [0.4, 0.5) is 0 Å². The van der Waals surface area contributed by atoms with Gasteiger partial charge in [-0.2, -0.15) is 0 Å². The second-order valence-corrected chi connectivity index (χ2v) is 8.12. The molecule has 2 heterocycles. The van der Waals surface area contributed by atoms with E-state index in [9.17, 15) is 4.79 Å². The first-order valence-corrected chi connectivity index (χ1v) is 10.5. The second kappa shape index (κ2) is 8.34. The van der Waals surface area contributed by atoms with Crippen LogP contribution in [0.3, 0.4) is 0 Å². The lowest BCUT2D eigenvalue weighted by atomic mass is 9.99. The Kier molecular flexibility index (Phi) is 5.62. The van der Waals surface area contributed by atoms with Crippen LogP contribution in [0, 0.1) is 27.7 Å². The number of hydrogen-bond donors (Lipinski definition) is 0. The predicted molar refractivity (Wildman–Crippen MR) is 116 cm³/mol. The van der Waals surface area contributed by atoms with E-state index in [0.29, 0.717) is 12.2 Å². The normalized spacial score (nSPS) is 16.1. The molecule has 1 fully saturated rings. The molecule has 3 aromatic rings. The van der Waals surface area contributed by atoms with Crippen molar-refractivity contribution in [2.75, 3.05) is 6.54 Å². The van der Waals surface area contributed by atoms with Crippen molar-refractivity contribution >= 4 is 5.91 Å². The van der Waals surface area contributed by atoms with Gasteiger partial charge in [-0.25, -0.2) is 0 Å². The van der Waals surface area contributed by atoms with Crippen molar-refractivity contribution in [3.63, 3.8) is 0 Å².